The van der Waals surface area contributed by atoms with Gasteiger partial charge in [-0.1, -0.05) is 12.1 Å². The Morgan fingerprint density at radius 2 is 1.84 bits per heavy atom. The van der Waals surface area contributed by atoms with Gasteiger partial charge in [0.25, 0.3) is 0 Å². The molecule has 0 aromatic heterocycles. The molecule has 0 bridgehead atoms. The lowest BCUT2D eigenvalue weighted by atomic mass is 9.86. The first kappa shape index (κ1) is 18.2. The fraction of sp³-hybridized carbons (Fsp3) is 0.650. The van der Waals surface area contributed by atoms with Crippen LogP contribution < -0.4 is 4.74 Å². The summed E-state index contributed by atoms with van der Waals surface area (Å²) in [5.74, 6) is 0.986. The molecule has 5 nitrogen and oxygen atoms in total. The van der Waals surface area contributed by atoms with E-state index in [9.17, 15) is 9.90 Å². The van der Waals surface area contributed by atoms with E-state index in [1.165, 1.54) is 6.42 Å². The van der Waals surface area contributed by atoms with E-state index in [1.807, 2.05) is 36.1 Å². The fourth-order valence-corrected chi connectivity index (χ4v) is 4.19. The zero-order valence-corrected chi connectivity index (χ0v) is 15.4. The highest BCUT2D eigenvalue weighted by Crippen LogP contribution is 2.35. The van der Waals surface area contributed by atoms with E-state index in [1.54, 1.807) is 7.11 Å². The van der Waals surface area contributed by atoms with E-state index in [-0.39, 0.29) is 11.9 Å². The van der Waals surface area contributed by atoms with Gasteiger partial charge in [-0.05, 0) is 63.3 Å². The van der Waals surface area contributed by atoms with E-state index >= 15 is 0 Å². The van der Waals surface area contributed by atoms with Crippen LogP contribution in [-0.2, 0) is 10.4 Å². The van der Waals surface area contributed by atoms with Gasteiger partial charge in [0, 0.05) is 19.1 Å². The monoisotopic (exact) mass is 346 g/mol. The normalized spacial score (nSPS) is 24.1. The first-order valence-electron chi connectivity index (χ1n) is 9.41. The summed E-state index contributed by atoms with van der Waals surface area (Å²) >= 11 is 0. The predicted octanol–water partition coefficient (Wildman–Crippen LogP) is 2.38. The summed E-state index contributed by atoms with van der Waals surface area (Å²) in [5.41, 5.74) is -0.110. The van der Waals surface area contributed by atoms with Crippen LogP contribution in [0.4, 0.5) is 0 Å². The molecule has 0 aliphatic carbocycles. The van der Waals surface area contributed by atoms with Crippen molar-refractivity contribution in [1.29, 1.82) is 0 Å². The van der Waals surface area contributed by atoms with Crippen LogP contribution in [0.2, 0.25) is 0 Å². The van der Waals surface area contributed by atoms with Gasteiger partial charge < -0.3 is 14.7 Å². The zero-order valence-electron chi connectivity index (χ0n) is 15.4. The van der Waals surface area contributed by atoms with E-state index in [0.717, 1.165) is 56.6 Å². The van der Waals surface area contributed by atoms with Crippen LogP contribution in [0.3, 0.4) is 0 Å². The molecule has 138 valence electrons. The van der Waals surface area contributed by atoms with Crippen molar-refractivity contribution in [3.63, 3.8) is 0 Å². The van der Waals surface area contributed by atoms with Crippen molar-refractivity contribution >= 4 is 5.91 Å². The minimum atomic E-state index is -0.981. The Morgan fingerprint density at radius 1 is 1.16 bits per heavy atom. The Kier molecular flexibility index (Phi) is 5.64. The first-order chi connectivity index (χ1) is 12.0. The second-order valence-corrected chi connectivity index (χ2v) is 7.45. The van der Waals surface area contributed by atoms with Crippen LogP contribution in [0.1, 0.15) is 44.6 Å². The molecule has 2 saturated heterocycles. The predicted molar refractivity (Wildman–Crippen MR) is 97.6 cm³/mol. The summed E-state index contributed by atoms with van der Waals surface area (Å²) < 4.78 is 5.21. The molecule has 2 fully saturated rings. The molecule has 2 aliphatic rings. The van der Waals surface area contributed by atoms with Crippen molar-refractivity contribution in [3.05, 3.63) is 29.8 Å². The number of nitrogens with zero attached hydrogens (tertiary/aromatic N) is 2. The van der Waals surface area contributed by atoms with Gasteiger partial charge in [0.15, 0.2) is 0 Å². The molecule has 1 amide bonds. The third-order valence-electron chi connectivity index (χ3n) is 5.73. The topological polar surface area (TPSA) is 53.0 Å². The molecule has 25 heavy (non-hydrogen) atoms. The van der Waals surface area contributed by atoms with Crippen LogP contribution >= 0.6 is 0 Å². The highest BCUT2D eigenvalue weighted by Gasteiger charge is 2.41. The molecule has 2 atom stereocenters. The van der Waals surface area contributed by atoms with Crippen molar-refractivity contribution in [2.75, 3.05) is 33.3 Å². The van der Waals surface area contributed by atoms with Gasteiger partial charge in [-0.2, -0.15) is 0 Å². The largest absolute Gasteiger partial charge is 0.497 e. The maximum atomic E-state index is 12.6. The van der Waals surface area contributed by atoms with Gasteiger partial charge in [-0.25, -0.2) is 0 Å². The van der Waals surface area contributed by atoms with Gasteiger partial charge in [0.1, 0.15) is 11.4 Å². The number of aliphatic hydroxyl groups is 1. The Hall–Kier alpha value is -1.59. The number of methoxy groups -OCH3 is 1. The summed E-state index contributed by atoms with van der Waals surface area (Å²) in [6, 6.07) is 7.56. The number of ether oxygens (including phenoxy) is 1. The highest BCUT2D eigenvalue weighted by molar-refractivity contribution is 5.78. The SMILES string of the molecule is COc1ccc([C@](C)(O)[C@@H]2CCCN2CC(=O)N2CCCCC2)cc1. The summed E-state index contributed by atoms with van der Waals surface area (Å²) in [5, 5.41) is 11.2. The Morgan fingerprint density at radius 3 is 2.48 bits per heavy atom. The molecule has 0 radical (unpaired) electrons. The summed E-state index contributed by atoms with van der Waals surface area (Å²) in [7, 11) is 1.64. The molecular formula is C20H30N2O3. The fourth-order valence-electron chi connectivity index (χ4n) is 4.19. The van der Waals surface area contributed by atoms with Gasteiger partial charge in [-0.3, -0.25) is 9.69 Å². The average Bonchev–Trinajstić information content (AvgIpc) is 3.11. The van der Waals surface area contributed by atoms with E-state index in [4.69, 9.17) is 4.74 Å². The van der Waals surface area contributed by atoms with Crippen molar-refractivity contribution in [1.82, 2.24) is 9.80 Å². The second kappa shape index (κ2) is 7.75. The number of amides is 1. The lowest BCUT2D eigenvalue weighted by molar-refractivity contribution is -0.134. The number of piperidine rings is 1. The Labute approximate surface area is 150 Å². The van der Waals surface area contributed by atoms with E-state index in [0.29, 0.717) is 6.54 Å². The Balaban J connectivity index is 1.69. The number of benzene rings is 1. The molecule has 1 N–H and O–H groups in total. The number of likely N-dealkylation sites (tertiary alicyclic amines) is 2. The Bertz CT molecular complexity index is 579. The quantitative estimate of drug-likeness (QED) is 0.889. The smallest absolute Gasteiger partial charge is 0.236 e. The molecule has 5 heteroatoms. The lowest BCUT2D eigenvalue weighted by Gasteiger charge is -2.38. The second-order valence-electron chi connectivity index (χ2n) is 7.45. The number of hydrogen-bond acceptors (Lipinski definition) is 4. The van der Waals surface area contributed by atoms with Crippen LogP contribution in [0.25, 0.3) is 0 Å². The zero-order chi connectivity index (χ0) is 17.9. The molecule has 0 unspecified atom stereocenters. The molecular weight excluding hydrogens is 316 g/mol. The third kappa shape index (κ3) is 3.98. The number of rotatable bonds is 5. The molecule has 1 aromatic carbocycles. The summed E-state index contributed by atoms with van der Waals surface area (Å²) in [6.07, 6.45) is 5.37. The maximum absolute atomic E-state index is 12.6. The van der Waals surface area contributed by atoms with Gasteiger partial charge in [-0.15, -0.1) is 0 Å². The van der Waals surface area contributed by atoms with E-state index in [2.05, 4.69) is 4.90 Å². The lowest BCUT2D eigenvalue weighted by Crippen LogP contribution is -2.50. The molecule has 3 rings (SSSR count). The van der Waals surface area contributed by atoms with Crippen molar-refractivity contribution in [2.45, 2.75) is 50.7 Å². The van der Waals surface area contributed by atoms with Gasteiger partial charge in [0.05, 0.1) is 13.7 Å². The van der Waals surface area contributed by atoms with Gasteiger partial charge in [0.2, 0.25) is 5.91 Å². The van der Waals surface area contributed by atoms with Crippen molar-refractivity contribution < 1.29 is 14.6 Å². The molecule has 2 aliphatic heterocycles. The van der Waals surface area contributed by atoms with Crippen molar-refractivity contribution in [3.8, 4) is 5.75 Å². The van der Waals surface area contributed by atoms with Crippen LogP contribution in [-0.4, -0.2) is 60.1 Å². The van der Waals surface area contributed by atoms with Crippen LogP contribution in [0.15, 0.2) is 24.3 Å². The maximum Gasteiger partial charge on any atom is 0.236 e. The number of carbonyl (C=O) groups is 1. The standard InChI is InChI=1S/C20H30N2O3/c1-20(24,16-8-10-17(25-2)11-9-16)18-7-6-14-22(18)15-19(23)21-12-4-3-5-13-21/h8-11,18,24H,3-7,12-15H2,1-2H3/t18-,20-/m0/s1. The van der Waals surface area contributed by atoms with Gasteiger partial charge >= 0.3 is 0 Å². The van der Waals surface area contributed by atoms with Crippen LogP contribution in [0, 0.1) is 0 Å². The number of carbonyl (C=O) groups excluding carboxylic acids is 1. The van der Waals surface area contributed by atoms with Crippen LogP contribution in [0.5, 0.6) is 5.75 Å². The summed E-state index contributed by atoms with van der Waals surface area (Å²) in [6.45, 7) is 4.91. The molecule has 0 spiro atoms. The summed E-state index contributed by atoms with van der Waals surface area (Å²) in [4.78, 5) is 16.8. The van der Waals surface area contributed by atoms with Crippen molar-refractivity contribution in [2.24, 2.45) is 0 Å². The average molecular weight is 346 g/mol. The number of hydrogen-bond donors (Lipinski definition) is 1. The highest BCUT2D eigenvalue weighted by atomic mass is 16.5. The molecule has 0 saturated carbocycles. The first-order valence-corrected chi connectivity index (χ1v) is 9.41. The minimum absolute atomic E-state index is 0.0327. The van der Waals surface area contributed by atoms with E-state index < -0.39 is 5.60 Å². The molecule has 1 aromatic rings. The molecule has 2 heterocycles. The minimum Gasteiger partial charge on any atom is -0.497 e. The third-order valence-corrected chi connectivity index (χ3v) is 5.73.